The molecule has 0 fully saturated rings. The fourth-order valence-electron chi connectivity index (χ4n) is 4.12. The average molecular weight is 484 g/mol. The zero-order valence-electron chi connectivity index (χ0n) is 19.2. The Hall–Kier alpha value is -4.01. The van der Waals surface area contributed by atoms with E-state index in [-0.39, 0.29) is 18.0 Å². The standard InChI is InChI=1S/C27H25N5O2S/c1-19-26-16-22(9-12-27(26)31-30-19)23-15-24(18-29-17-23)32(14-13-28)35(33,34)25-10-7-21(8-11-25)20-5-3-2-4-6-20/h2-12,15-18H,13-14,28H2,1H3,(H,30,31). The highest BCUT2D eigenvalue weighted by atomic mass is 32.2. The van der Waals surface area contributed by atoms with Crippen molar-refractivity contribution in [2.45, 2.75) is 11.8 Å². The number of rotatable bonds is 7. The first-order valence-corrected chi connectivity index (χ1v) is 12.7. The van der Waals surface area contributed by atoms with E-state index in [1.54, 1.807) is 24.5 Å². The number of pyridine rings is 1. The van der Waals surface area contributed by atoms with Gasteiger partial charge in [0.25, 0.3) is 10.0 Å². The van der Waals surface area contributed by atoms with Gasteiger partial charge in [0.05, 0.1) is 22.3 Å². The number of nitrogens with zero attached hydrogens (tertiary/aromatic N) is 3. The van der Waals surface area contributed by atoms with Crippen molar-refractivity contribution in [2.24, 2.45) is 5.73 Å². The fourth-order valence-corrected chi connectivity index (χ4v) is 5.58. The Morgan fingerprint density at radius 3 is 2.31 bits per heavy atom. The highest BCUT2D eigenvalue weighted by Gasteiger charge is 2.25. The molecule has 176 valence electrons. The number of aromatic amines is 1. The Morgan fingerprint density at radius 1 is 0.857 bits per heavy atom. The van der Waals surface area contributed by atoms with Gasteiger partial charge in [-0.1, -0.05) is 48.5 Å². The van der Waals surface area contributed by atoms with E-state index >= 15 is 0 Å². The molecule has 0 saturated carbocycles. The molecule has 0 aliphatic rings. The topological polar surface area (TPSA) is 105 Å². The van der Waals surface area contributed by atoms with Crippen molar-refractivity contribution in [2.75, 3.05) is 17.4 Å². The number of hydrogen-bond acceptors (Lipinski definition) is 5. The summed E-state index contributed by atoms with van der Waals surface area (Å²) in [5, 5.41) is 8.27. The molecule has 0 aliphatic heterocycles. The number of H-pyrrole nitrogens is 1. The van der Waals surface area contributed by atoms with E-state index in [9.17, 15) is 8.42 Å². The monoisotopic (exact) mass is 483 g/mol. The van der Waals surface area contributed by atoms with Crippen molar-refractivity contribution in [3.8, 4) is 22.3 Å². The minimum Gasteiger partial charge on any atom is -0.329 e. The normalized spacial score (nSPS) is 11.6. The summed E-state index contributed by atoms with van der Waals surface area (Å²) in [6, 6.07) is 24.5. The second-order valence-electron chi connectivity index (χ2n) is 8.27. The van der Waals surface area contributed by atoms with Gasteiger partial charge in [-0.3, -0.25) is 14.4 Å². The largest absolute Gasteiger partial charge is 0.329 e. The predicted molar refractivity (Wildman–Crippen MR) is 140 cm³/mol. The number of aryl methyl sites for hydroxylation is 1. The zero-order chi connectivity index (χ0) is 24.4. The summed E-state index contributed by atoms with van der Waals surface area (Å²) in [7, 11) is -3.85. The molecule has 2 aromatic heterocycles. The van der Waals surface area contributed by atoms with Gasteiger partial charge in [0.15, 0.2) is 0 Å². The Kier molecular flexibility index (Phi) is 6.07. The van der Waals surface area contributed by atoms with E-state index in [0.29, 0.717) is 5.69 Å². The van der Waals surface area contributed by atoms with Crippen LogP contribution in [0.25, 0.3) is 33.2 Å². The highest BCUT2D eigenvalue weighted by Crippen LogP contribution is 2.30. The van der Waals surface area contributed by atoms with Crippen LogP contribution >= 0.6 is 0 Å². The van der Waals surface area contributed by atoms with Crippen LogP contribution in [0.15, 0.2) is 96.2 Å². The number of anilines is 1. The zero-order valence-corrected chi connectivity index (χ0v) is 20.0. The summed E-state index contributed by atoms with van der Waals surface area (Å²) in [5.41, 5.74) is 11.8. The molecule has 0 saturated heterocycles. The van der Waals surface area contributed by atoms with Crippen molar-refractivity contribution in [1.82, 2.24) is 15.2 Å². The van der Waals surface area contributed by atoms with Crippen LogP contribution in [0.5, 0.6) is 0 Å². The van der Waals surface area contributed by atoms with Crippen molar-refractivity contribution < 1.29 is 8.42 Å². The number of nitrogens with one attached hydrogen (secondary N) is 1. The van der Waals surface area contributed by atoms with Gasteiger partial charge in [0, 0.05) is 35.9 Å². The molecule has 3 N–H and O–H groups in total. The highest BCUT2D eigenvalue weighted by molar-refractivity contribution is 7.92. The van der Waals surface area contributed by atoms with Crippen LogP contribution in [0.3, 0.4) is 0 Å². The minimum absolute atomic E-state index is 0.133. The van der Waals surface area contributed by atoms with E-state index in [1.165, 1.54) is 4.31 Å². The molecule has 5 aromatic rings. The average Bonchev–Trinajstić information content (AvgIpc) is 3.27. The van der Waals surface area contributed by atoms with Crippen LogP contribution in [0.1, 0.15) is 5.69 Å². The summed E-state index contributed by atoms with van der Waals surface area (Å²) in [5.74, 6) is 0. The van der Waals surface area contributed by atoms with Crippen molar-refractivity contribution >= 4 is 26.6 Å². The number of benzene rings is 3. The maximum atomic E-state index is 13.6. The molecule has 8 heteroatoms. The second-order valence-corrected chi connectivity index (χ2v) is 10.1. The number of aromatic nitrogens is 3. The third-order valence-corrected chi connectivity index (χ3v) is 7.81. The van der Waals surface area contributed by atoms with Gasteiger partial charge in [-0.15, -0.1) is 0 Å². The van der Waals surface area contributed by atoms with Crippen LogP contribution in [0.2, 0.25) is 0 Å². The molecule has 0 radical (unpaired) electrons. The van der Waals surface area contributed by atoms with Crippen molar-refractivity contribution in [3.63, 3.8) is 0 Å². The van der Waals surface area contributed by atoms with Gasteiger partial charge in [-0.25, -0.2) is 8.42 Å². The molecule has 35 heavy (non-hydrogen) atoms. The van der Waals surface area contributed by atoms with Crippen LogP contribution < -0.4 is 10.0 Å². The van der Waals surface area contributed by atoms with Gasteiger partial charge in [-0.05, 0) is 53.9 Å². The van der Waals surface area contributed by atoms with Gasteiger partial charge >= 0.3 is 0 Å². The van der Waals surface area contributed by atoms with E-state index in [4.69, 9.17) is 5.73 Å². The first kappa shape index (κ1) is 22.8. The molecule has 0 atom stereocenters. The molecule has 7 nitrogen and oxygen atoms in total. The Balaban J connectivity index is 1.50. The van der Waals surface area contributed by atoms with Gasteiger partial charge in [0.2, 0.25) is 0 Å². The van der Waals surface area contributed by atoms with Gasteiger partial charge in [-0.2, -0.15) is 5.10 Å². The predicted octanol–water partition coefficient (Wildman–Crippen LogP) is 4.75. The number of fused-ring (bicyclic) bond motifs is 1. The summed E-state index contributed by atoms with van der Waals surface area (Å²) in [4.78, 5) is 4.55. The van der Waals surface area contributed by atoms with Crippen LogP contribution in [0, 0.1) is 6.92 Å². The van der Waals surface area contributed by atoms with Gasteiger partial charge in [0.1, 0.15) is 0 Å². The molecule has 0 unspecified atom stereocenters. The first-order chi connectivity index (χ1) is 17.0. The Morgan fingerprint density at radius 2 is 1.57 bits per heavy atom. The van der Waals surface area contributed by atoms with E-state index in [0.717, 1.165) is 38.9 Å². The molecule has 0 aliphatic carbocycles. The molecule has 0 spiro atoms. The van der Waals surface area contributed by atoms with E-state index in [2.05, 4.69) is 15.2 Å². The molecule has 0 amide bonds. The van der Waals surface area contributed by atoms with Crippen molar-refractivity contribution in [3.05, 3.63) is 97.0 Å². The lowest BCUT2D eigenvalue weighted by Crippen LogP contribution is -2.35. The van der Waals surface area contributed by atoms with Crippen LogP contribution in [-0.2, 0) is 10.0 Å². The second kappa shape index (κ2) is 9.32. The van der Waals surface area contributed by atoms with E-state index < -0.39 is 10.0 Å². The first-order valence-electron chi connectivity index (χ1n) is 11.3. The molecular weight excluding hydrogens is 458 g/mol. The molecule has 5 rings (SSSR count). The molecule has 2 heterocycles. The summed E-state index contributed by atoms with van der Waals surface area (Å²) < 4.78 is 28.6. The Bertz CT molecular complexity index is 1580. The van der Waals surface area contributed by atoms with E-state index in [1.807, 2.05) is 73.7 Å². The molecule has 3 aromatic carbocycles. The third kappa shape index (κ3) is 4.41. The third-order valence-electron chi connectivity index (χ3n) is 5.97. The summed E-state index contributed by atoms with van der Waals surface area (Å²) in [6.45, 7) is 2.27. The lowest BCUT2D eigenvalue weighted by molar-refractivity contribution is 0.591. The fraction of sp³-hybridized carbons (Fsp3) is 0.111. The number of hydrogen-bond donors (Lipinski definition) is 2. The SMILES string of the molecule is Cc1[nH]nc2ccc(-c3cncc(N(CCN)S(=O)(=O)c4ccc(-c5ccccc5)cc4)c3)cc12. The van der Waals surface area contributed by atoms with Gasteiger partial charge < -0.3 is 5.73 Å². The molecule has 0 bridgehead atoms. The number of nitrogens with two attached hydrogens (primary N) is 1. The number of sulfonamides is 1. The summed E-state index contributed by atoms with van der Waals surface area (Å²) >= 11 is 0. The quantitative estimate of drug-likeness (QED) is 0.347. The Labute approximate surface area is 204 Å². The maximum absolute atomic E-state index is 13.6. The lowest BCUT2D eigenvalue weighted by atomic mass is 10.0. The lowest BCUT2D eigenvalue weighted by Gasteiger charge is -2.24. The minimum atomic E-state index is -3.85. The van der Waals surface area contributed by atoms with Crippen LogP contribution in [0.4, 0.5) is 5.69 Å². The summed E-state index contributed by atoms with van der Waals surface area (Å²) in [6.07, 6.45) is 3.28. The maximum Gasteiger partial charge on any atom is 0.264 e. The molecular formula is C27H25N5O2S. The smallest absolute Gasteiger partial charge is 0.264 e. The van der Waals surface area contributed by atoms with Crippen LogP contribution in [-0.4, -0.2) is 36.7 Å². The van der Waals surface area contributed by atoms with Crippen molar-refractivity contribution in [1.29, 1.82) is 0 Å².